The van der Waals surface area contributed by atoms with Crippen molar-refractivity contribution < 1.29 is 4.79 Å². The molecule has 0 aromatic heterocycles. The molecule has 0 radical (unpaired) electrons. The van der Waals surface area contributed by atoms with E-state index >= 15 is 0 Å². The van der Waals surface area contributed by atoms with Crippen LogP contribution in [0.1, 0.15) is 12.8 Å². The number of nitrogens with two attached hydrogens (primary N) is 1. The van der Waals surface area contributed by atoms with Gasteiger partial charge in [0.05, 0.1) is 5.92 Å². The van der Waals surface area contributed by atoms with E-state index < -0.39 is 0 Å². The number of carbonyl (C=O) groups is 1. The lowest BCUT2D eigenvalue weighted by molar-refractivity contribution is -0.122. The van der Waals surface area contributed by atoms with Crippen molar-refractivity contribution >= 4 is 24.0 Å². The molecule has 2 rings (SSSR count). The molecule has 3 nitrogen and oxygen atoms in total. The fourth-order valence-corrected chi connectivity index (χ4v) is 2.08. The van der Waals surface area contributed by atoms with Crippen molar-refractivity contribution in [1.82, 2.24) is 0 Å². The molecular weight excluding hydrogens is 224 g/mol. The van der Waals surface area contributed by atoms with Gasteiger partial charge >= 0.3 is 0 Å². The van der Waals surface area contributed by atoms with Crippen molar-refractivity contribution in [3.8, 4) is 0 Å². The molecule has 16 heavy (non-hydrogen) atoms. The number of para-hydroxylation sites is 1. The van der Waals surface area contributed by atoms with Gasteiger partial charge in [-0.15, -0.1) is 12.4 Å². The first-order valence-electron chi connectivity index (χ1n) is 5.36. The largest absolute Gasteiger partial charge is 0.371 e. The SMILES string of the molecule is Cl.NC(=O)C1CCCN(c2ccccc2)C1. The quantitative estimate of drug-likeness (QED) is 0.857. The number of hydrogen-bond acceptors (Lipinski definition) is 2. The van der Waals surface area contributed by atoms with Crippen LogP contribution in [0.4, 0.5) is 5.69 Å². The minimum Gasteiger partial charge on any atom is -0.371 e. The summed E-state index contributed by atoms with van der Waals surface area (Å²) in [6.07, 6.45) is 1.97. The summed E-state index contributed by atoms with van der Waals surface area (Å²) in [7, 11) is 0. The fraction of sp³-hybridized carbons (Fsp3) is 0.417. The second-order valence-corrected chi connectivity index (χ2v) is 4.02. The average Bonchev–Trinajstić information content (AvgIpc) is 2.30. The molecule has 1 unspecified atom stereocenters. The Balaban J connectivity index is 0.00000128. The summed E-state index contributed by atoms with van der Waals surface area (Å²) < 4.78 is 0. The molecule has 1 fully saturated rings. The zero-order chi connectivity index (χ0) is 10.7. The summed E-state index contributed by atoms with van der Waals surface area (Å²) in [4.78, 5) is 13.4. The standard InChI is InChI=1S/C12H16N2O.ClH/c13-12(15)10-5-4-8-14(9-10)11-6-2-1-3-7-11;/h1-3,6-7,10H,4-5,8-9H2,(H2,13,15);1H. The Labute approximate surface area is 102 Å². The predicted molar refractivity (Wildman–Crippen MR) is 67.8 cm³/mol. The Morgan fingerprint density at radius 1 is 1.31 bits per heavy atom. The topological polar surface area (TPSA) is 46.3 Å². The maximum atomic E-state index is 11.1. The van der Waals surface area contributed by atoms with Crippen molar-refractivity contribution in [1.29, 1.82) is 0 Å². The van der Waals surface area contributed by atoms with Gasteiger partial charge in [0.15, 0.2) is 0 Å². The predicted octanol–water partition coefficient (Wildman–Crippen LogP) is 1.81. The monoisotopic (exact) mass is 240 g/mol. The molecule has 88 valence electrons. The smallest absolute Gasteiger partial charge is 0.222 e. The van der Waals surface area contributed by atoms with Crippen molar-refractivity contribution in [2.24, 2.45) is 11.7 Å². The normalized spacial score (nSPS) is 20.0. The Kier molecular flexibility index (Phi) is 4.62. The van der Waals surface area contributed by atoms with Gasteiger partial charge in [-0.05, 0) is 25.0 Å². The number of benzene rings is 1. The summed E-state index contributed by atoms with van der Waals surface area (Å²) in [5.41, 5.74) is 6.53. The lowest BCUT2D eigenvalue weighted by Gasteiger charge is -2.32. The maximum absolute atomic E-state index is 11.1. The van der Waals surface area contributed by atoms with Crippen LogP contribution in [-0.4, -0.2) is 19.0 Å². The Morgan fingerprint density at radius 2 is 2.00 bits per heavy atom. The van der Waals surface area contributed by atoms with Crippen LogP contribution in [0, 0.1) is 5.92 Å². The third-order valence-electron chi connectivity index (χ3n) is 2.95. The molecule has 1 aromatic carbocycles. The molecule has 4 heteroatoms. The fourth-order valence-electron chi connectivity index (χ4n) is 2.08. The van der Waals surface area contributed by atoms with Crippen molar-refractivity contribution in [2.75, 3.05) is 18.0 Å². The molecule has 0 aliphatic carbocycles. The molecule has 1 atom stereocenters. The van der Waals surface area contributed by atoms with Gasteiger partial charge in [0.2, 0.25) is 5.91 Å². The van der Waals surface area contributed by atoms with Crippen LogP contribution in [-0.2, 0) is 4.79 Å². The first-order chi connectivity index (χ1) is 7.27. The number of hydrogen-bond donors (Lipinski definition) is 1. The minimum absolute atomic E-state index is 0. The third-order valence-corrected chi connectivity index (χ3v) is 2.95. The van der Waals surface area contributed by atoms with Crippen LogP contribution < -0.4 is 10.6 Å². The van der Waals surface area contributed by atoms with E-state index in [0.717, 1.165) is 25.9 Å². The molecule has 1 aromatic rings. The number of nitrogens with zero attached hydrogens (tertiary/aromatic N) is 1. The Hall–Kier alpha value is -1.22. The summed E-state index contributed by atoms with van der Waals surface area (Å²) in [6.45, 7) is 1.78. The highest BCUT2D eigenvalue weighted by atomic mass is 35.5. The van der Waals surface area contributed by atoms with Gasteiger partial charge in [-0.25, -0.2) is 0 Å². The first kappa shape index (κ1) is 12.8. The molecule has 1 amide bonds. The molecule has 0 bridgehead atoms. The zero-order valence-corrected chi connectivity index (χ0v) is 9.95. The number of anilines is 1. The van der Waals surface area contributed by atoms with Crippen molar-refractivity contribution in [3.63, 3.8) is 0 Å². The highest BCUT2D eigenvalue weighted by molar-refractivity contribution is 5.85. The third kappa shape index (κ3) is 2.89. The van der Waals surface area contributed by atoms with Crippen molar-refractivity contribution in [2.45, 2.75) is 12.8 Å². The van der Waals surface area contributed by atoms with Crippen molar-refractivity contribution in [3.05, 3.63) is 30.3 Å². The van der Waals surface area contributed by atoms with E-state index in [1.807, 2.05) is 18.2 Å². The van der Waals surface area contributed by atoms with Crippen LogP contribution in [0.2, 0.25) is 0 Å². The molecule has 1 heterocycles. The van der Waals surface area contributed by atoms with Gasteiger partial charge in [-0.2, -0.15) is 0 Å². The average molecular weight is 241 g/mol. The van der Waals surface area contributed by atoms with Gasteiger partial charge in [-0.1, -0.05) is 18.2 Å². The van der Waals surface area contributed by atoms with E-state index in [9.17, 15) is 4.79 Å². The zero-order valence-electron chi connectivity index (χ0n) is 9.13. The minimum atomic E-state index is -0.171. The van der Waals surface area contributed by atoms with E-state index in [1.165, 1.54) is 5.69 Å². The van der Waals surface area contributed by atoms with Gasteiger partial charge in [-0.3, -0.25) is 4.79 Å². The highest BCUT2D eigenvalue weighted by Gasteiger charge is 2.23. The molecular formula is C12H17ClN2O. The molecule has 0 spiro atoms. The maximum Gasteiger partial charge on any atom is 0.222 e. The number of amides is 1. The summed E-state index contributed by atoms with van der Waals surface area (Å²) in [5.74, 6) is -0.158. The highest BCUT2D eigenvalue weighted by Crippen LogP contribution is 2.22. The van der Waals surface area contributed by atoms with Gasteiger partial charge < -0.3 is 10.6 Å². The number of piperidine rings is 1. The first-order valence-corrected chi connectivity index (χ1v) is 5.36. The van der Waals surface area contributed by atoms with E-state index in [0.29, 0.717) is 0 Å². The molecule has 0 saturated carbocycles. The number of primary amides is 1. The second-order valence-electron chi connectivity index (χ2n) is 4.02. The van der Waals surface area contributed by atoms with E-state index in [2.05, 4.69) is 17.0 Å². The summed E-state index contributed by atoms with van der Waals surface area (Å²) >= 11 is 0. The lowest BCUT2D eigenvalue weighted by Crippen LogP contribution is -2.41. The second kappa shape index (κ2) is 5.75. The Bertz CT molecular complexity index is 342. The summed E-state index contributed by atoms with van der Waals surface area (Å²) in [6, 6.07) is 10.2. The lowest BCUT2D eigenvalue weighted by atomic mass is 9.97. The van der Waals surface area contributed by atoms with Crippen LogP contribution in [0.15, 0.2) is 30.3 Å². The summed E-state index contributed by atoms with van der Waals surface area (Å²) in [5, 5.41) is 0. The van der Waals surface area contributed by atoms with Crippen LogP contribution in [0.5, 0.6) is 0 Å². The molecule has 1 aliphatic rings. The van der Waals surface area contributed by atoms with E-state index in [1.54, 1.807) is 0 Å². The Morgan fingerprint density at radius 3 is 2.62 bits per heavy atom. The van der Waals surface area contributed by atoms with Gasteiger partial charge in [0, 0.05) is 18.8 Å². The van der Waals surface area contributed by atoms with Gasteiger partial charge in [0.1, 0.15) is 0 Å². The number of halogens is 1. The molecule has 1 saturated heterocycles. The van der Waals surface area contributed by atoms with Gasteiger partial charge in [0.25, 0.3) is 0 Å². The van der Waals surface area contributed by atoms with Crippen LogP contribution in [0.3, 0.4) is 0 Å². The van der Waals surface area contributed by atoms with E-state index in [-0.39, 0.29) is 24.2 Å². The number of rotatable bonds is 2. The molecule has 2 N–H and O–H groups in total. The van der Waals surface area contributed by atoms with E-state index in [4.69, 9.17) is 5.73 Å². The van der Waals surface area contributed by atoms with Crippen LogP contribution in [0.25, 0.3) is 0 Å². The van der Waals surface area contributed by atoms with Crippen LogP contribution >= 0.6 is 12.4 Å². The molecule has 1 aliphatic heterocycles. The number of carbonyl (C=O) groups excluding carboxylic acids is 1.